The number of nitrogens with one attached hydrogen (secondary N) is 2. The van der Waals surface area contributed by atoms with E-state index in [0.29, 0.717) is 11.1 Å². The Balaban J connectivity index is 2.60. The molecule has 0 fully saturated rings. The minimum atomic E-state index is -1.04. The second-order valence-corrected chi connectivity index (χ2v) is 5.64. The Bertz CT molecular complexity index is 533. The molecule has 0 bridgehead atoms. The molecule has 7 N–H and O–H groups in total. The van der Waals surface area contributed by atoms with E-state index in [1.54, 1.807) is 6.07 Å². The first kappa shape index (κ1) is 20.8. The number of carbonyl (C=O) groups excluding carboxylic acids is 2. The van der Waals surface area contributed by atoms with Crippen molar-refractivity contribution in [1.29, 1.82) is 0 Å². The molecule has 0 radical (unpaired) electrons. The molecule has 25 heavy (non-hydrogen) atoms. The van der Waals surface area contributed by atoms with Gasteiger partial charge in [0.2, 0.25) is 11.8 Å². The van der Waals surface area contributed by atoms with Gasteiger partial charge in [-0.2, -0.15) is 0 Å². The van der Waals surface area contributed by atoms with Crippen LogP contribution in [0.25, 0.3) is 0 Å². The average molecular weight is 356 g/mol. The van der Waals surface area contributed by atoms with Gasteiger partial charge in [-0.05, 0) is 23.3 Å². The van der Waals surface area contributed by atoms with E-state index in [2.05, 4.69) is 10.6 Å². The lowest BCUT2D eigenvalue weighted by atomic mass is 10.0. The SMILES string of the molecule is O=C(Cc1cc(O)cc(CC(=O)NCC(O)CO)c1)NCC(O)CO. The number of phenolic OH excluding ortho intramolecular Hbond substituents is 1. The third kappa shape index (κ3) is 8.45. The molecule has 2 unspecified atom stereocenters. The second-order valence-electron chi connectivity index (χ2n) is 5.64. The zero-order valence-electron chi connectivity index (χ0n) is 13.7. The summed E-state index contributed by atoms with van der Waals surface area (Å²) in [5.41, 5.74) is 0.961. The standard InChI is InChI=1S/C16H24N2O7/c19-8-13(22)6-17-15(24)4-10-1-11(3-12(21)2-10)5-16(25)18-7-14(23)9-20/h1-3,13-14,19-23H,4-9H2,(H,17,24)(H,18,25). The van der Waals surface area contributed by atoms with Crippen molar-refractivity contribution in [3.8, 4) is 5.75 Å². The van der Waals surface area contributed by atoms with Gasteiger partial charge in [0, 0.05) is 13.1 Å². The molecule has 9 heteroatoms. The van der Waals surface area contributed by atoms with Gasteiger partial charge in [-0.25, -0.2) is 0 Å². The van der Waals surface area contributed by atoms with Crippen molar-refractivity contribution in [1.82, 2.24) is 10.6 Å². The Labute approximate surface area is 144 Å². The van der Waals surface area contributed by atoms with Gasteiger partial charge in [-0.15, -0.1) is 0 Å². The zero-order valence-corrected chi connectivity index (χ0v) is 13.7. The number of rotatable bonds is 10. The lowest BCUT2D eigenvalue weighted by Gasteiger charge is -2.11. The van der Waals surface area contributed by atoms with Crippen molar-refractivity contribution in [3.05, 3.63) is 29.3 Å². The van der Waals surface area contributed by atoms with Crippen LogP contribution >= 0.6 is 0 Å². The highest BCUT2D eigenvalue weighted by molar-refractivity contribution is 5.80. The monoisotopic (exact) mass is 356 g/mol. The molecule has 1 rings (SSSR count). The first-order valence-corrected chi connectivity index (χ1v) is 7.77. The van der Waals surface area contributed by atoms with E-state index >= 15 is 0 Å². The molecule has 0 aliphatic carbocycles. The largest absolute Gasteiger partial charge is 0.508 e. The fourth-order valence-corrected chi connectivity index (χ4v) is 2.04. The molecule has 0 aliphatic heterocycles. The molecule has 9 nitrogen and oxygen atoms in total. The van der Waals surface area contributed by atoms with Crippen LogP contribution in [0.15, 0.2) is 18.2 Å². The van der Waals surface area contributed by atoms with Crippen LogP contribution in [0.1, 0.15) is 11.1 Å². The number of hydrogen-bond acceptors (Lipinski definition) is 7. The summed E-state index contributed by atoms with van der Waals surface area (Å²) in [6.07, 6.45) is -2.21. The van der Waals surface area contributed by atoms with Gasteiger partial charge >= 0.3 is 0 Å². The Hall–Kier alpha value is -2.20. The van der Waals surface area contributed by atoms with Crippen molar-refractivity contribution in [2.75, 3.05) is 26.3 Å². The van der Waals surface area contributed by atoms with Gasteiger partial charge in [0.1, 0.15) is 5.75 Å². The summed E-state index contributed by atoms with van der Waals surface area (Å²) in [5, 5.41) is 50.3. The van der Waals surface area contributed by atoms with Gasteiger partial charge in [-0.3, -0.25) is 9.59 Å². The van der Waals surface area contributed by atoms with Crippen LogP contribution < -0.4 is 10.6 Å². The van der Waals surface area contributed by atoms with E-state index < -0.39 is 37.2 Å². The third-order valence-electron chi connectivity index (χ3n) is 3.26. The summed E-state index contributed by atoms with van der Waals surface area (Å²) in [6.45, 7) is -1.10. The molecular weight excluding hydrogens is 332 g/mol. The predicted octanol–water partition coefficient (Wildman–Crippen LogP) is -2.58. The molecule has 140 valence electrons. The van der Waals surface area contributed by atoms with Crippen LogP contribution in [0, 0.1) is 0 Å². The number of aliphatic hydroxyl groups excluding tert-OH is 4. The Morgan fingerprint density at radius 2 is 1.24 bits per heavy atom. The maximum absolute atomic E-state index is 11.8. The number of amides is 2. The Morgan fingerprint density at radius 1 is 0.840 bits per heavy atom. The molecule has 0 saturated carbocycles. The van der Waals surface area contributed by atoms with Gasteiger partial charge in [-0.1, -0.05) is 6.07 Å². The number of carbonyl (C=O) groups is 2. The van der Waals surface area contributed by atoms with Gasteiger partial charge in [0.25, 0.3) is 0 Å². The highest BCUT2D eigenvalue weighted by Crippen LogP contribution is 2.17. The maximum Gasteiger partial charge on any atom is 0.224 e. The second kappa shape index (κ2) is 10.6. The van der Waals surface area contributed by atoms with Crippen molar-refractivity contribution in [3.63, 3.8) is 0 Å². The quantitative estimate of drug-likeness (QED) is 0.242. The molecule has 0 aliphatic rings. The van der Waals surface area contributed by atoms with E-state index in [-0.39, 0.29) is 31.7 Å². The van der Waals surface area contributed by atoms with E-state index in [1.165, 1.54) is 12.1 Å². The number of benzene rings is 1. The summed E-state index contributed by atoms with van der Waals surface area (Å²) >= 11 is 0. The van der Waals surface area contributed by atoms with Gasteiger partial charge in [0.05, 0.1) is 38.3 Å². The van der Waals surface area contributed by atoms with Gasteiger partial charge in [0.15, 0.2) is 0 Å². The summed E-state index contributed by atoms with van der Waals surface area (Å²) in [5.74, 6) is -0.905. The highest BCUT2D eigenvalue weighted by atomic mass is 16.3. The minimum absolute atomic E-state index is 0.0651. The van der Waals surface area contributed by atoms with Crippen LogP contribution in [0.5, 0.6) is 5.75 Å². The van der Waals surface area contributed by atoms with E-state index in [1.807, 2.05) is 0 Å². The predicted molar refractivity (Wildman–Crippen MR) is 87.7 cm³/mol. The van der Waals surface area contributed by atoms with Crippen molar-refractivity contribution < 1.29 is 35.1 Å². The van der Waals surface area contributed by atoms with Gasteiger partial charge < -0.3 is 36.2 Å². The summed E-state index contributed by atoms with van der Waals surface area (Å²) < 4.78 is 0. The normalized spacial score (nSPS) is 13.1. The molecule has 2 atom stereocenters. The van der Waals surface area contributed by atoms with Crippen LogP contribution in [0.3, 0.4) is 0 Å². The maximum atomic E-state index is 11.8. The highest BCUT2D eigenvalue weighted by Gasteiger charge is 2.11. The number of phenols is 1. The first-order valence-electron chi connectivity index (χ1n) is 7.77. The number of aliphatic hydroxyl groups is 4. The zero-order chi connectivity index (χ0) is 18.8. The lowest BCUT2D eigenvalue weighted by Crippen LogP contribution is -2.35. The molecule has 1 aromatic rings. The fraction of sp³-hybridized carbons (Fsp3) is 0.500. The molecule has 0 saturated heterocycles. The number of aromatic hydroxyl groups is 1. The molecular formula is C16H24N2O7. The summed E-state index contributed by atoms with van der Waals surface area (Å²) in [7, 11) is 0. The fourth-order valence-electron chi connectivity index (χ4n) is 2.04. The third-order valence-corrected chi connectivity index (χ3v) is 3.26. The first-order chi connectivity index (χ1) is 11.8. The smallest absolute Gasteiger partial charge is 0.224 e. The number of hydrogen-bond donors (Lipinski definition) is 7. The molecule has 2 amide bonds. The van der Waals surface area contributed by atoms with E-state index in [4.69, 9.17) is 10.2 Å². The van der Waals surface area contributed by atoms with Crippen molar-refractivity contribution >= 4 is 11.8 Å². The molecule has 0 heterocycles. The molecule has 0 spiro atoms. The lowest BCUT2D eigenvalue weighted by molar-refractivity contribution is -0.121. The molecule has 0 aromatic heterocycles. The molecule has 1 aromatic carbocycles. The Kier molecular flexibility index (Phi) is 8.86. The summed E-state index contributed by atoms with van der Waals surface area (Å²) in [4.78, 5) is 23.5. The van der Waals surface area contributed by atoms with Crippen molar-refractivity contribution in [2.24, 2.45) is 0 Å². The Morgan fingerprint density at radius 3 is 1.60 bits per heavy atom. The van der Waals surface area contributed by atoms with E-state index in [0.717, 1.165) is 0 Å². The van der Waals surface area contributed by atoms with Crippen LogP contribution in [-0.4, -0.2) is 75.9 Å². The average Bonchev–Trinajstić information content (AvgIpc) is 2.56. The van der Waals surface area contributed by atoms with Crippen LogP contribution in [-0.2, 0) is 22.4 Å². The summed E-state index contributed by atoms with van der Waals surface area (Å²) in [6, 6.07) is 4.36. The minimum Gasteiger partial charge on any atom is -0.508 e. The van der Waals surface area contributed by atoms with E-state index in [9.17, 15) is 24.9 Å². The van der Waals surface area contributed by atoms with Crippen LogP contribution in [0.2, 0.25) is 0 Å². The topological polar surface area (TPSA) is 159 Å². The van der Waals surface area contributed by atoms with Crippen LogP contribution in [0.4, 0.5) is 0 Å². The van der Waals surface area contributed by atoms with Crippen molar-refractivity contribution in [2.45, 2.75) is 25.0 Å².